The zero-order valence-electron chi connectivity index (χ0n) is 11.7. The van der Waals surface area contributed by atoms with Gasteiger partial charge in [0, 0.05) is 30.4 Å². The number of hydrogen-bond acceptors (Lipinski definition) is 1. The molecule has 2 unspecified atom stereocenters. The molecule has 1 aromatic heterocycles. The van der Waals surface area contributed by atoms with E-state index >= 15 is 0 Å². The first kappa shape index (κ1) is 13.2. The Hall–Kier alpha value is -1.20. The van der Waals surface area contributed by atoms with Crippen LogP contribution in [0.2, 0.25) is 0 Å². The minimum Gasteiger partial charge on any atom is -0.347 e. The van der Waals surface area contributed by atoms with Crippen molar-refractivity contribution >= 4 is 0 Å². The maximum atomic E-state index is 6.30. The molecule has 0 amide bonds. The first-order valence-electron chi connectivity index (χ1n) is 6.87. The van der Waals surface area contributed by atoms with Crippen LogP contribution in [0.15, 0.2) is 12.3 Å². The molecular weight excluding hydrogens is 220 g/mol. The second-order valence-electron chi connectivity index (χ2n) is 6.25. The molecule has 0 aromatic carbocycles. The van der Waals surface area contributed by atoms with Crippen molar-refractivity contribution in [3.8, 4) is 12.3 Å². The normalized spacial score (nSPS) is 23.2. The van der Waals surface area contributed by atoms with Crippen LogP contribution in [0.3, 0.4) is 0 Å². The monoisotopic (exact) mass is 244 g/mol. The van der Waals surface area contributed by atoms with Gasteiger partial charge in [0.25, 0.3) is 0 Å². The van der Waals surface area contributed by atoms with E-state index in [1.807, 2.05) is 0 Å². The molecule has 0 bridgehead atoms. The maximum Gasteiger partial charge on any atom is 0.0440 e. The molecule has 0 radical (unpaired) electrons. The van der Waals surface area contributed by atoms with Gasteiger partial charge >= 0.3 is 0 Å². The minimum atomic E-state index is 0.174. The standard InChI is InChI=1S/C16H24N2/c1-5-7-12(6-2)18-9-8-13-14(17)10-16(3,4)11-15(13)18/h1,8-9,12,14H,6-7,10-11,17H2,2-4H3. The highest BCUT2D eigenvalue weighted by atomic mass is 15.0. The van der Waals surface area contributed by atoms with Crippen LogP contribution in [0.5, 0.6) is 0 Å². The van der Waals surface area contributed by atoms with Gasteiger partial charge in [-0.15, -0.1) is 12.3 Å². The quantitative estimate of drug-likeness (QED) is 0.811. The molecule has 2 heteroatoms. The van der Waals surface area contributed by atoms with E-state index in [0.29, 0.717) is 6.04 Å². The first-order chi connectivity index (χ1) is 8.48. The Balaban J connectivity index is 2.39. The van der Waals surface area contributed by atoms with Crippen LogP contribution in [-0.2, 0) is 6.42 Å². The lowest BCUT2D eigenvalue weighted by molar-refractivity contribution is 0.271. The van der Waals surface area contributed by atoms with Crippen molar-refractivity contribution in [2.45, 2.75) is 58.5 Å². The summed E-state index contributed by atoms with van der Waals surface area (Å²) in [4.78, 5) is 0. The second kappa shape index (κ2) is 4.82. The summed E-state index contributed by atoms with van der Waals surface area (Å²) in [6.45, 7) is 6.80. The topological polar surface area (TPSA) is 30.9 Å². The fraction of sp³-hybridized carbons (Fsp3) is 0.625. The van der Waals surface area contributed by atoms with Crippen molar-refractivity contribution in [2.24, 2.45) is 11.1 Å². The summed E-state index contributed by atoms with van der Waals surface area (Å²) in [5.74, 6) is 2.79. The number of terminal acetylenes is 1. The molecule has 98 valence electrons. The molecule has 1 heterocycles. The summed E-state index contributed by atoms with van der Waals surface area (Å²) in [6.07, 6.45) is 11.7. The van der Waals surface area contributed by atoms with Crippen molar-refractivity contribution in [1.29, 1.82) is 0 Å². The van der Waals surface area contributed by atoms with Gasteiger partial charge in [0.15, 0.2) is 0 Å². The molecule has 2 N–H and O–H groups in total. The molecule has 2 atom stereocenters. The average Bonchev–Trinajstić information content (AvgIpc) is 2.68. The summed E-state index contributed by atoms with van der Waals surface area (Å²) in [5, 5.41) is 0. The Morgan fingerprint density at radius 3 is 2.94 bits per heavy atom. The highest BCUT2D eigenvalue weighted by Gasteiger charge is 2.33. The van der Waals surface area contributed by atoms with Gasteiger partial charge in [-0.1, -0.05) is 20.8 Å². The van der Waals surface area contributed by atoms with E-state index < -0.39 is 0 Å². The average molecular weight is 244 g/mol. The summed E-state index contributed by atoms with van der Waals surface area (Å²) in [7, 11) is 0. The third-order valence-electron chi connectivity index (χ3n) is 4.10. The predicted molar refractivity (Wildman–Crippen MR) is 76.2 cm³/mol. The van der Waals surface area contributed by atoms with Crippen molar-refractivity contribution in [1.82, 2.24) is 4.57 Å². The van der Waals surface area contributed by atoms with Crippen LogP contribution in [-0.4, -0.2) is 4.57 Å². The SMILES string of the molecule is C#CCC(CC)n1ccc2c1CC(C)(C)CC2N. The second-order valence-corrected chi connectivity index (χ2v) is 6.25. The van der Waals surface area contributed by atoms with Crippen molar-refractivity contribution in [2.75, 3.05) is 0 Å². The molecule has 2 nitrogen and oxygen atoms in total. The summed E-state index contributed by atoms with van der Waals surface area (Å²) in [5.41, 5.74) is 9.31. The van der Waals surface area contributed by atoms with Gasteiger partial charge in [0.05, 0.1) is 0 Å². The maximum absolute atomic E-state index is 6.30. The smallest absolute Gasteiger partial charge is 0.0440 e. The molecular formula is C16H24N2. The van der Waals surface area contributed by atoms with E-state index in [4.69, 9.17) is 12.2 Å². The van der Waals surface area contributed by atoms with Crippen LogP contribution < -0.4 is 5.73 Å². The Labute approximate surface area is 111 Å². The molecule has 0 saturated heterocycles. The Morgan fingerprint density at radius 1 is 1.61 bits per heavy atom. The molecule has 0 aliphatic heterocycles. The van der Waals surface area contributed by atoms with Crippen molar-refractivity contribution < 1.29 is 0 Å². The fourth-order valence-electron chi connectivity index (χ4n) is 3.18. The number of nitrogens with zero attached hydrogens (tertiary/aromatic N) is 1. The van der Waals surface area contributed by atoms with Gasteiger partial charge in [0.1, 0.15) is 0 Å². The molecule has 1 aliphatic carbocycles. The van der Waals surface area contributed by atoms with E-state index in [1.165, 1.54) is 11.3 Å². The number of fused-ring (bicyclic) bond motifs is 1. The largest absolute Gasteiger partial charge is 0.347 e. The van der Waals surface area contributed by atoms with Gasteiger partial charge in [-0.25, -0.2) is 0 Å². The summed E-state index contributed by atoms with van der Waals surface area (Å²) in [6, 6.07) is 2.78. The lowest BCUT2D eigenvalue weighted by Gasteiger charge is -2.35. The lowest BCUT2D eigenvalue weighted by Crippen LogP contribution is -2.31. The molecule has 0 saturated carbocycles. The molecule has 1 aliphatic rings. The Morgan fingerprint density at radius 2 is 2.33 bits per heavy atom. The van der Waals surface area contributed by atoms with E-state index in [-0.39, 0.29) is 11.5 Å². The van der Waals surface area contributed by atoms with E-state index in [0.717, 1.165) is 25.7 Å². The van der Waals surface area contributed by atoms with Crippen LogP contribution in [0.1, 0.15) is 63.4 Å². The lowest BCUT2D eigenvalue weighted by atomic mass is 9.74. The third-order valence-corrected chi connectivity index (χ3v) is 4.10. The van der Waals surface area contributed by atoms with Gasteiger partial charge in [-0.3, -0.25) is 0 Å². The molecule has 0 fully saturated rings. The van der Waals surface area contributed by atoms with Gasteiger partial charge < -0.3 is 10.3 Å². The number of aromatic nitrogens is 1. The van der Waals surface area contributed by atoms with E-state index in [9.17, 15) is 0 Å². The third kappa shape index (κ3) is 2.33. The Kier molecular flexibility index (Phi) is 3.54. The summed E-state index contributed by atoms with van der Waals surface area (Å²) >= 11 is 0. The zero-order valence-corrected chi connectivity index (χ0v) is 11.7. The summed E-state index contributed by atoms with van der Waals surface area (Å²) < 4.78 is 2.37. The number of hydrogen-bond donors (Lipinski definition) is 1. The van der Waals surface area contributed by atoms with Crippen molar-refractivity contribution in [3.05, 3.63) is 23.5 Å². The molecule has 1 aromatic rings. The van der Waals surface area contributed by atoms with Crippen LogP contribution >= 0.6 is 0 Å². The van der Waals surface area contributed by atoms with Crippen LogP contribution in [0, 0.1) is 17.8 Å². The van der Waals surface area contributed by atoms with Gasteiger partial charge in [-0.05, 0) is 36.3 Å². The number of rotatable bonds is 3. The fourth-order valence-corrected chi connectivity index (χ4v) is 3.18. The highest BCUT2D eigenvalue weighted by Crippen LogP contribution is 2.41. The van der Waals surface area contributed by atoms with Gasteiger partial charge in [0.2, 0.25) is 0 Å². The minimum absolute atomic E-state index is 0.174. The van der Waals surface area contributed by atoms with Gasteiger partial charge in [-0.2, -0.15) is 0 Å². The molecule has 0 spiro atoms. The predicted octanol–water partition coefficient (Wildman–Crippen LogP) is 3.43. The highest BCUT2D eigenvalue weighted by molar-refractivity contribution is 5.30. The van der Waals surface area contributed by atoms with E-state index in [2.05, 4.69) is 43.5 Å². The van der Waals surface area contributed by atoms with Crippen molar-refractivity contribution in [3.63, 3.8) is 0 Å². The zero-order chi connectivity index (χ0) is 13.3. The number of nitrogens with two attached hydrogens (primary N) is 1. The first-order valence-corrected chi connectivity index (χ1v) is 6.87. The van der Waals surface area contributed by atoms with Crippen LogP contribution in [0.4, 0.5) is 0 Å². The molecule has 2 rings (SSSR count). The van der Waals surface area contributed by atoms with E-state index in [1.54, 1.807) is 0 Å². The Bertz CT molecular complexity index is 462. The molecule has 18 heavy (non-hydrogen) atoms. The van der Waals surface area contributed by atoms with Crippen LogP contribution in [0.25, 0.3) is 0 Å².